The summed E-state index contributed by atoms with van der Waals surface area (Å²) >= 11 is 0. The van der Waals surface area contributed by atoms with Crippen LogP contribution in [0.25, 0.3) is 11.3 Å². The molecule has 0 saturated carbocycles. The molecular weight excluding hydrogens is 494 g/mol. The third-order valence-electron chi connectivity index (χ3n) is 6.91. The second-order valence-corrected chi connectivity index (χ2v) is 10.1. The van der Waals surface area contributed by atoms with E-state index in [0.29, 0.717) is 35.7 Å². The van der Waals surface area contributed by atoms with Crippen LogP contribution in [0.4, 0.5) is 0 Å². The van der Waals surface area contributed by atoms with Gasteiger partial charge in [-0.2, -0.15) is 0 Å². The second kappa shape index (κ2) is 16.5. The molecule has 0 spiro atoms. The number of aromatic nitrogens is 3. The molecule has 8 heteroatoms. The van der Waals surface area contributed by atoms with E-state index in [0.717, 1.165) is 38.5 Å². The Bertz CT molecular complexity index is 1260. The third-order valence-corrected chi connectivity index (χ3v) is 6.91. The van der Waals surface area contributed by atoms with Crippen molar-refractivity contribution in [2.24, 2.45) is 0 Å². The van der Waals surface area contributed by atoms with Crippen molar-refractivity contribution in [3.05, 3.63) is 74.8 Å². The van der Waals surface area contributed by atoms with Crippen molar-refractivity contribution >= 4 is 5.97 Å². The number of hydrogen-bond acceptors (Lipinski definition) is 6. The maximum atomic E-state index is 13.4. The van der Waals surface area contributed by atoms with Gasteiger partial charge in [-0.05, 0) is 25.0 Å². The van der Waals surface area contributed by atoms with E-state index in [-0.39, 0.29) is 17.9 Å². The molecule has 0 atom stereocenters. The van der Waals surface area contributed by atoms with Gasteiger partial charge in [-0.15, -0.1) is 0 Å². The number of hydrogen-bond donors (Lipinski definition) is 0. The van der Waals surface area contributed by atoms with Gasteiger partial charge in [0.1, 0.15) is 5.69 Å². The van der Waals surface area contributed by atoms with Gasteiger partial charge in [-0.1, -0.05) is 101 Å². The average molecular weight is 538 g/mol. The molecule has 0 fully saturated rings. The Labute approximate surface area is 231 Å². The Balaban J connectivity index is 1.75. The fourth-order valence-electron chi connectivity index (χ4n) is 4.60. The van der Waals surface area contributed by atoms with E-state index >= 15 is 0 Å². The fourth-order valence-corrected chi connectivity index (χ4v) is 4.60. The number of aryl methyl sites for hydroxylation is 1. The lowest BCUT2D eigenvalue weighted by Crippen LogP contribution is -2.40. The van der Waals surface area contributed by atoms with Crippen LogP contribution in [0, 0.1) is 0 Å². The number of ether oxygens (including phenoxy) is 1. The van der Waals surface area contributed by atoms with Gasteiger partial charge in [0.2, 0.25) is 0 Å². The zero-order chi connectivity index (χ0) is 27.9. The topological polar surface area (TPSA) is 96.3 Å². The van der Waals surface area contributed by atoms with Crippen molar-refractivity contribution in [2.75, 3.05) is 0 Å². The summed E-state index contributed by atoms with van der Waals surface area (Å²) in [6.07, 6.45) is 14.7. The van der Waals surface area contributed by atoms with Gasteiger partial charge in [0.05, 0.1) is 11.1 Å². The van der Waals surface area contributed by atoms with Crippen molar-refractivity contribution in [2.45, 2.75) is 111 Å². The normalized spacial score (nSPS) is 11.1. The Hall–Kier alpha value is -3.42. The summed E-state index contributed by atoms with van der Waals surface area (Å²) in [4.78, 5) is 38.9. The van der Waals surface area contributed by atoms with Crippen LogP contribution in [0.3, 0.4) is 0 Å². The molecule has 3 rings (SSSR count). The molecule has 0 N–H and O–H groups in total. The number of benzene rings is 1. The van der Waals surface area contributed by atoms with Gasteiger partial charge in [0, 0.05) is 25.4 Å². The van der Waals surface area contributed by atoms with Crippen LogP contribution in [-0.2, 0) is 24.4 Å². The van der Waals surface area contributed by atoms with Crippen molar-refractivity contribution < 1.29 is 14.1 Å². The van der Waals surface area contributed by atoms with Gasteiger partial charge in [0.25, 0.3) is 5.56 Å². The Kier molecular flexibility index (Phi) is 12.8. The van der Waals surface area contributed by atoms with Crippen LogP contribution in [0.1, 0.15) is 107 Å². The first kappa shape index (κ1) is 30.1. The molecule has 0 aliphatic carbocycles. The standard InChI is InChI=1S/C31H43N3O5/c1-3-5-7-9-11-16-20-33-23-27(29(35)34(31(33)37)21-17-12-10-8-6-4-2)28-22-26(39-32-28)24-38-30(36)25-18-14-13-15-19-25/h13-15,18-19,22-23H,3-12,16-17,20-21,24H2,1-2H3. The van der Waals surface area contributed by atoms with E-state index in [1.165, 1.54) is 43.1 Å². The number of unbranched alkanes of at least 4 members (excludes halogenated alkanes) is 10. The van der Waals surface area contributed by atoms with E-state index in [2.05, 4.69) is 19.0 Å². The maximum Gasteiger partial charge on any atom is 0.338 e. The average Bonchev–Trinajstić information content (AvgIpc) is 3.43. The van der Waals surface area contributed by atoms with Crippen LogP contribution >= 0.6 is 0 Å². The smallest absolute Gasteiger partial charge is 0.338 e. The van der Waals surface area contributed by atoms with E-state index in [1.807, 2.05) is 6.07 Å². The lowest BCUT2D eigenvalue weighted by atomic mass is 10.1. The van der Waals surface area contributed by atoms with Crippen molar-refractivity contribution in [3.8, 4) is 11.3 Å². The van der Waals surface area contributed by atoms with Gasteiger partial charge < -0.3 is 9.26 Å². The molecule has 0 amide bonds. The Morgan fingerprint density at radius 2 is 1.46 bits per heavy atom. The quantitative estimate of drug-likeness (QED) is 0.132. The van der Waals surface area contributed by atoms with Gasteiger partial charge in [-0.25, -0.2) is 9.59 Å². The highest BCUT2D eigenvalue weighted by Gasteiger charge is 2.17. The highest BCUT2D eigenvalue weighted by Crippen LogP contribution is 2.17. The monoisotopic (exact) mass is 537 g/mol. The summed E-state index contributed by atoms with van der Waals surface area (Å²) in [7, 11) is 0. The number of rotatable bonds is 18. The van der Waals surface area contributed by atoms with Gasteiger partial charge in [-0.3, -0.25) is 13.9 Å². The lowest BCUT2D eigenvalue weighted by molar-refractivity contribution is 0.0437. The second-order valence-electron chi connectivity index (χ2n) is 10.1. The van der Waals surface area contributed by atoms with Gasteiger partial charge >= 0.3 is 11.7 Å². The minimum Gasteiger partial charge on any atom is -0.454 e. The summed E-state index contributed by atoms with van der Waals surface area (Å²) in [6, 6.07) is 10.3. The summed E-state index contributed by atoms with van der Waals surface area (Å²) in [5.41, 5.74) is 0.451. The predicted octanol–water partition coefficient (Wildman–Crippen LogP) is 6.74. The molecule has 3 aromatic rings. The van der Waals surface area contributed by atoms with Crippen LogP contribution in [0.2, 0.25) is 0 Å². The van der Waals surface area contributed by atoms with Gasteiger partial charge in [0.15, 0.2) is 12.4 Å². The number of esters is 1. The molecule has 0 radical (unpaired) electrons. The molecular formula is C31H43N3O5. The molecule has 0 bridgehead atoms. The molecule has 2 aromatic heterocycles. The molecule has 8 nitrogen and oxygen atoms in total. The molecule has 39 heavy (non-hydrogen) atoms. The molecule has 2 heterocycles. The number of nitrogens with zero attached hydrogens (tertiary/aromatic N) is 3. The first-order valence-electron chi connectivity index (χ1n) is 14.6. The van der Waals surface area contributed by atoms with Crippen molar-refractivity contribution in [3.63, 3.8) is 0 Å². The Morgan fingerprint density at radius 1 is 0.846 bits per heavy atom. The lowest BCUT2D eigenvalue weighted by Gasteiger charge is -2.12. The minimum absolute atomic E-state index is 0.107. The fraction of sp³-hybridized carbons (Fsp3) is 0.548. The molecule has 0 unspecified atom stereocenters. The first-order valence-corrected chi connectivity index (χ1v) is 14.6. The maximum absolute atomic E-state index is 13.4. The zero-order valence-corrected chi connectivity index (χ0v) is 23.5. The SMILES string of the molecule is CCCCCCCCn1cc(-c2cc(COC(=O)c3ccccc3)on2)c(=O)n(CCCCCCCC)c1=O. The number of carbonyl (C=O) groups excluding carboxylic acids is 1. The molecule has 212 valence electrons. The summed E-state index contributed by atoms with van der Waals surface area (Å²) < 4.78 is 13.7. The van der Waals surface area contributed by atoms with E-state index in [4.69, 9.17) is 9.26 Å². The van der Waals surface area contributed by atoms with Crippen LogP contribution in [0.15, 0.2) is 56.7 Å². The largest absolute Gasteiger partial charge is 0.454 e. The molecule has 0 aliphatic rings. The third kappa shape index (κ3) is 9.37. The van der Waals surface area contributed by atoms with Crippen molar-refractivity contribution in [1.29, 1.82) is 0 Å². The van der Waals surface area contributed by atoms with Crippen LogP contribution in [0.5, 0.6) is 0 Å². The van der Waals surface area contributed by atoms with Crippen LogP contribution in [-0.4, -0.2) is 20.3 Å². The Morgan fingerprint density at radius 3 is 2.13 bits per heavy atom. The van der Waals surface area contributed by atoms with E-state index in [9.17, 15) is 14.4 Å². The molecule has 1 aromatic carbocycles. The molecule has 0 aliphatic heterocycles. The van der Waals surface area contributed by atoms with E-state index < -0.39 is 5.97 Å². The molecule has 0 saturated heterocycles. The summed E-state index contributed by atoms with van der Waals surface area (Å²) in [5.74, 6) is -0.146. The highest BCUT2D eigenvalue weighted by atomic mass is 16.5. The summed E-state index contributed by atoms with van der Waals surface area (Å²) in [6.45, 7) is 5.20. The zero-order valence-electron chi connectivity index (χ0n) is 23.5. The first-order chi connectivity index (χ1) is 19.0. The summed E-state index contributed by atoms with van der Waals surface area (Å²) in [5, 5.41) is 4.08. The van der Waals surface area contributed by atoms with Crippen molar-refractivity contribution in [1.82, 2.24) is 14.3 Å². The number of carbonyl (C=O) groups is 1. The minimum atomic E-state index is -0.470. The van der Waals surface area contributed by atoms with Crippen LogP contribution < -0.4 is 11.2 Å². The van der Waals surface area contributed by atoms with E-state index in [1.54, 1.807) is 41.1 Å². The highest BCUT2D eigenvalue weighted by molar-refractivity contribution is 5.89. The predicted molar refractivity (Wildman–Crippen MR) is 153 cm³/mol.